The van der Waals surface area contributed by atoms with Gasteiger partial charge >= 0.3 is 0 Å². The van der Waals surface area contributed by atoms with Crippen LogP contribution < -0.4 is 10.5 Å². The summed E-state index contributed by atoms with van der Waals surface area (Å²) >= 11 is 0. The molecule has 0 unspecified atom stereocenters. The van der Waals surface area contributed by atoms with Gasteiger partial charge in [0.15, 0.2) is 11.6 Å². The minimum Gasteiger partial charge on any atom is -0.484 e. The number of primary amides is 1. The number of fused-ring (bicyclic) bond motifs is 2. The standard InChI is InChI=1S/C26H27F2N3O2/c27-22-8-3-5-17-11-14-30(24(17)22)12-1-2-13-31(18-6-4-7-18)19-15-21-20(26(29)32)9-10-23(28)25(21)33-16-19/h3,5,8-11,14-15,18H,1-2,4,6-7,12-13,16H2,(H2,29,32). The zero-order valence-electron chi connectivity index (χ0n) is 18.4. The van der Waals surface area contributed by atoms with Crippen LogP contribution >= 0.6 is 0 Å². The van der Waals surface area contributed by atoms with Crippen LogP contribution in [-0.4, -0.2) is 34.6 Å². The number of hydrogen-bond acceptors (Lipinski definition) is 3. The number of benzene rings is 2. The Morgan fingerprint density at radius 1 is 1.12 bits per heavy atom. The molecule has 1 aliphatic carbocycles. The van der Waals surface area contributed by atoms with E-state index >= 15 is 0 Å². The van der Waals surface area contributed by atoms with E-state index in [1.165, 1.54) is 24.6 Å². The summed E-state index contributed by atoms with van der Waals surface area (Å²) < 4.78 is 36.2. The summed E-state index contributed by atoms with van der Waals surface area (Å²) in [4.78, 5) is 14.2. The van der Waals surface area contributed by atoms with Gasteiger partial charge in [-0.25, -0.2) is 8.78 Å². The Balaban J connectivity index is 1.31. The van der Waals surface area contributed by atoms with Crippen LogP contribution in [0.2, 0.25) is 0 Å². The maximum Gasteiger partial charge on any atom is 0.249 e. The second-order valence-corrected chi connectivity index (χ2v) is 8.80. The Bertz CT molecular complexity index is 1230. The molecular weight excluding hydrogens is 424 g/mol. The molecule has 1 amide bonds. The van der Waals surface area contributed by atoms with Crippen molar-refractivity contribution >= 4 is 22.9 Å². The normalized spacial score (nSPS) is 15.5. The lowest BCUT2D eigenvalue weighted by molar-refractivity contribution is 0.0999. The number of nitrogens with two attached hydrogens (primary N) is 1. The fraction of sp³-hybridized carbons (Fsp3) is 0.346. The number of carbonyl (C=O) groups is 1. The average molecular weight is 452 g/mol. The number of aromatic nitrogens is 1. The highest BCUT2D eigenvalue weighted by atomic mass is 19.1. The van der Waals surface area contributed by atoms with E-state index in [-0.39, 0.29) is 23.7 Å². The van der Waals surface area contributed by atoms with Gasteiger partial charge in [-0.3, -0.25) is 4.79 Å². The highest BCUT2D eigenvalue weighted by molar-refractivity contribution is 5.98. The van der Waals surface area contributed by atoms with E-state index in [0.717, 1.165) is 49.9 Å². The summed E-state index contributed by atoms with van der Waals surface area (Å²) in [6.45, 7) is 1.81. The second kappa shape index (κ2) is 8.89. The van der Waals surface area contributed by atoms with Crippen molar-refractivity contribution in [1.29, 1.82) is 0 Å². The third-order valence-corrected chi connectivity index (χ3v) is 6.76. The topological polar surface area (TPSA) is 60.5 Å². The van der Waals surface area contributed by atoms with Crippen molar-refractivity contribution in [1.82, 2.24) is 9.47 Å². The Labute approximate surface area is 191 Å². The molecule has 5 nitrogen and oxygen atoms in total. The van der Waals surface area contributed by atoms with Gasteiger partial charge in [-0.15, -0.1) is 0 Å². The molecule has 7 heteroatoms. The molecule has 1 fully saturated rings. The van der Waals surface area contributed by atoms with E-state index in [1.807, 2.05) is 29.0 Å². The van der Waals surface area contributed by atoms with E-state index in [1.54, 1.807) is 6.07 Å². The van der Waals surface area contributed by atoms with Crippen molar-refractivity contribution in [3.8, 4) is 5.75 Å². The predicted octanol–water partition coefficient (Wildman–Crippen LogP) is 5.09. The van der Waals surface area contributed by atoms with Gasteiger partial charge in [-0.1, -0.05) is 12.1 Å². The molecule has 2 aliphatic rings. The quantitative estimate of drug-likeness (QED) is 0.486. The molecular formula is C26H27F2N3O2. The first-order chi connectivity index (χ1) is 16.0. The SMILES string of the molecule is NC(=O)c1ccc(F)c2c1C=C(N(CCCCn1ccc3cccc(F)c31)C1CCC1)CO2. The maximum atomic E-state index is 14.3. The first kappa shape index (κ1) is 21.5. The van der Waals surface area contributed by atoms with Crippen LogP contribution in [0.3, 0.4) is 0 Å². The van der Waals surface area contributed by atoms with Crippen molar-refractivity contribution in [2.75, 3.05) is 13.2 Å². The lowest BCUT2D eigenvalue weighted by Gasteiger charge is -2.41. The van der Waals surface area contributed by atoms with Crippen LogP contribution in [0.15, 0.2) is 48.3 Å². The van der Waals surface area contributed by atoms with Crippen molar-refractivity contribution < 1.29 is 18.3 Å². The molecule has 1 aliphatic heterocycles. The lowest BCUT2D eigenvalue weighted by atomic mass is 9.90. The molecule has 1 saturated carbocycles. The highest BCUT2D eigenvalue weighted by Gasteiger charge is 2.30. The summed E-state index contributed by atoms with van der Waals surface area (Å²) in [5.41, 5.74) is 7.78. The Morgan fingerprint density at radius 2 is 1.97 bits per heavy atom. The van der Waals surface area contributed by atoms with Crippen molar-refractivity contribution in [2.24, 2.45) is 5.73 Å². The van der Waals surface area contributed by atoms with Crippen LogP contribution in [0.5, 0.6) is 5.75 Å². The minimum absolute atomic E-state index is 0.0881. The van der Waals surface area contributed by atoms with Crippen LogP contribution in [0.25, 0.3) is 17.0 Å². The van der Waals surface area contributed by atoms with Crippen molar-refractivity contribution in [2.45, 2.75) is 44.7 Å². The van der Waals surface area contributed by atoms with Crippen molar-refractivity contribution in [3.63, 3.8) is 0 Å². The first-order valence-corrected chi connectivity index (χ1v) is 11.5. The summed E-state index contributed by atoms with van der Waals surface area (Å²) in [6, 6.07) is 10.1. The number of halogens is 2. The third kappa shape index (κ3) is 4.08. The van der Waals surface area contributed by atoms with Crippen LogP contribution in [0.4, 0.5) is 8.78 Å². The number of amides is 1. The van der Waals surface area contributed by atoms with E-state index in [4.69, 9.17) is 10.5 Å². The van der Waals surface area contributed by atoms with Crippen LogP contribution in [0.1, 0.15) is 48.0 Å². The highest BCUT2D eigenvalue weighted by Crippen LogP contribution is 2.36. The van der Waals surface area contributed by atoms with Gasteiger partial charge in [0.1, 0.15) is 12.4 Å². The average Bonchev–Trinajstić information content (AvgIpc) is 3.18. The number of nitrogens with zero attached hydrogens (tertiary/aromatic N) is 2. The fourth-order valence-corrected chi connectivity index (χ4v) is 4.82. The number of aryl methyl sites for hydroxylation is 1. The Kier molecular flexibility index (Phi) is 5.79. The molecule has 2 heterocycles. The maximum absolute atomic E-state index is 14.3. The Morgan fingerprint density at radius 3 is 2.73 bits per heavy atom. The number of rotatable bonds is 8. The van der Waals surface area contributed by atoms with Gasteiger partial charge in [0.2, 0.25) is 5.91 Å². The Hall–Kier alpha value is -3.35. The smallest absolute Gasteiger partial charge is 0.249 e. The van der Waals surface area contributed by atoms with E-state index in [9.17, 15) is 13.6 Å². The molecule has 0 saturated heterocycles. The van der Waals surface area contributed by atoms with E-state index < -0.39 is 11.7 Å². The molecule has 0 bridgehead atoms. The number of unbranched alkanes of at least 4 members (excludes halogenated alkanes) is 1. The molecule has 0 atom stereocenters. The first-order valence-electron chi connectivity index (χ1n) is 11.5. The van der Waals surface area contributed by atoms with Gasteiger partial charge in [0.05, 0.1) is 16.8 Å². The fourth-order valence-electron chi connectivity index (χ4n) is 4.82. The monoisotopic (exact) mass is 451 g/mol. The van der Waals surface area contributed by atoms with Gasteiger partial charge in [-0.05, 0) is 62.4 Å². The lowest BCUT2D eigenvalue weighted by Crippen LogP contribution is -2.42. The van der Waals surface area contributed by atoms with E-state index in [2.05, 4.69) is 4.90 Å². The second-order valence-electron chi connectivity index (χ2n) is 8.80. The summed E-state index contributed by atoms with van der Waals surface area (Å²) in [7, 11) is 0. The molecule has 0 spiro atoms. The number of ether oxygens (including phenoxy) is 1. The molecule has 5 rings (SSSR count). The molecule has 2 aromatic carbocycles. The third-order valence-electron chi connectivity index (χ3n) is 6.76. The van der Waals surface area contributed by atoms with Crippen molar-refractivity contribution in [3.05, 3.63) is 71.1 Å². The zero-order valence-corrected chi connectivity index (χ0v) is 18.4. The molecule has 33 heavy (non-hydrogen) atoms. The van der Waals surface area contributed by atoms with Gasteiger partial charge in [0.25, 0.3) is 0 Å². The largest absolute Gasteiger partial charge is 0.484 e. The molecule has 3 aromatic rings. The van der Waals surface area contributed by atoms with Crippen LogP contribution in [-0.2, 0) is 6.54 Å². The number of carbonyl (C=O) groups excluding carboxylic acids is 1. The molecule has 172 valence electrons. The van der Waals surface area contributed by atoms with Gasteiger partial charge < -0.3 is 19.9 Å². The summed E-state index contributed by atoms with van der Waals surface area (Å²) in [5.74, 6) is -1.21. The summed E-state index contributed by atoms with van der Waals surface area (Å²) in [5, 5.41) is 0.909. The molecule has 2 N–H and O–H groups in total. The number of para-hydroxylation sites is 1. The predicted molar refractivity (Wildman–Crippen MR) is 124 cm³/mol. The van der Waals surface area contributed by atoms with Gasteiger partial charge in [-0.2, -0.15) is 0 Å². The molecule has 1 aromatic heterocycles. The van der Waals surface area contributed by atoms with Crippen LogP contribution in [0, 0.1) is 11.6 Å². The van der Waals surface area contributed by atoms with E-state index in [0.29, 0.717) is 17.1 Å². The zero-order chi connectivity index (χ0) is 22.9. The summed E-state index contributed by atoms with van der Waals surface area (Å²) in [6.07, 6.45) is 8.99. The molecule has 0 radical (unpaired) electrons. The van der Waals surface area contributed by atoms with Gasteiger partial charge in [0, 0.05) is 36.3 Å². The number of hydrogen-bond donors (Lipinski definition) is 1. The minimum atomic E-state index is -0.603.